The van der Waals surface area contributed by atoms with E-state index in [1.54, 1.807) is 0 Å². The van der Waals surface area contributed by atoms with Gasteiger partial charge in [-0.25, -0.2) is 0 Å². The van der Waals surface area contributed by atoms with Crippen LogP contribution >= 0.6 is 0 Å². The number of fused-ring (bicyclic) bond motifs is 4. The Morgan fingerprint density at radius 2 is 2.18 bits per heavy atom. The van der Waals surface area contributed by atoms with E-state index < -0.39 is 0 Å². The zero-order valence-electron chi connectivity index (χ0n) is 10.9. The van der Waals surface area contributed by atoms with Crippen LogP contribution in [0, 0.1) is 5.92 Å². The highest BCUT2D eigenvalue weighted by Crippen LogP contribution is 2.48. The zero-order chi connectivity index (χ0) is 12.2. The van der Waals surface area contributed by atoms with Gasteiger partial charge in [-0.1, -0.05) is 19.9 Å². The van der Waals surface area contributed by atoms with Gasteiger partial charge in [-0.15, -0.1) is 0 Å². The molecule has 0 radical (unpaired) electrons. The van der Waals surface area contributed by atoms with Crippen LogP contribution in [-0.4, -0.2) is 29.6 Å². The van der Waals surface area contributed by atoms with Gasteiger partial charge < -0.3 is 10.0 Å². The third kappa shape index (κ3) is 1.43. The summed E-state index contributed by atoms with van der Waals surface area (Å²) in [4.78, 5) is 2.50. The molecule has 2 bridgehead atoms. The minimum Gasteiger partial charge on any atom is -0.508 e. The SMILES string of the molecule is C[C@@H]1C2Cc3ccc(O)cc3[C@@]1(C)CCN2C. The molecule has 1 N–H and O–H groups in total. The molecule has 1 aliphatic carbocycles. The maximum absolute atomic E-state index is 9.73. The van der Waals surface area contributed by atoms with Gasteiger partial charge in [-0.2, -0.15) is 0 Å². The van der Waals surface area contributed by atoms with E-state index in [-0.39, 0.29) is 5.41 Å². The second-order valence-electron chi connectivity index (χ2n) is 6.05. The number of likely N-dealkylation sites (tertiary alicyclic amines) is 1. The predicted molar refractivity (Wildman–Crippen MR) is 69.4 cm³/mol. The Bertz CT molecular complexity index is 456. The first-order chi connectivity index (χ1) is 8.02. The summed E-state index contributed by atoms with van der Waals surface area (Å²) < 4.78 is 0. The fraction of sp³-hybridized carbons (Fsp3) is 0.600. The summed E-state index contributed by atoms with van der Waals surface area (Å²) in [7, 11) is 2.24. The van der Waals surface area contributed by atoms with Crippen molar-refractivity contribution in [2.24, 2.45) is 5.92 Å². The van der Waals surface area contributed by atoms with Crippen molar-refractivity contribution in [3.05, 3.63) is 29.3 Å². The van der Waals surface area contributed by atoms with Gasteiger partial charge in [0.05, 0.1) is 0 Å². The average Bonchev–Trinajstić information content (AvgIpc) is 2.30. The number of hydrogen-bond donors (Lipinski definition) is 1. The van der Waals surface area contributed by atoms with E-state index in [1.807, 2.05) is 12.1 Å². The van der Waals surface area contributed by atoms with E-state index in [9.17, 15) is 5.11 Å². The first-order valence-electron chi connectivity index (χ1n) is 6.55. The molecule has 1 aliphatic heterocycles. The molecule has 1 saturated heterocycles. The molecule has 92 valence electrons. The highest BCUT2D eigenvalue weighted by atomic mass is 16.3. The van der Waals surface area contributed by atoms with E-state index in [4.69, 9.17) is 0 Å². The van der Waals surface area contributed by atoms with Crippen molar-refractivity contribution in [2.75, 3.05) is 13.6 Å². The van der Waals surface area contributed by atoms with E-state index in [1.165, 1.54) is 24.1 Å². The summed E-state index contributed by atoms with van der Waals surface area (Å²) in [5.74, 6) is 1.07. The second-order valence-corrected chi connectivity index (χ2v) is 6.05. The number of phenolic OH excluding ortho intramolecular Hbond substituents is 1. The molecule has 1 aromatic rings. The summed E-state index contributed by atoms with van der Waals surface area (Å²) in [5, 5.41) is 9.73. The quantitative estimate of drug-likeness (QED) is 0.741. The van der Waals surface area contributed by atoms with Crippen molar-refractivity contribution in [3.63, 3.8) is 0 Å². The first-order valence-corrected chi connectivity index (χ1v) is 6.55. The normalized spacial score (nSPS) is 36.6. The molecule has 1 unspecified atom stereocenters. The molecule has 3 atom stereocenters. The Labute approximate surface area is 103 Å². The van der Waals surface area contributed by atoms with E-state index in [0.29, 0.717) is 17.7 Å². The molecule has 2 heteroatoms. The molecule has 2 nitrogen and oxygen atoms in total. The predicted octanol–water partition coefficient (Wildman–Crippen LogP) is 2.55. The van der Waals surface area contributed by atoms with Crippen LogP contribution in [0.5, 0.6) is 5.75 Å². The van der Waals surface area contributed by atoms with Crippen LogP contribution in [0.2, 0.25) is 0 Å². The van der Waals surface area contributed by atoms with Crippen molar-refractivity contribution in [1.29, 1.82) is 0 Å². The van der Waals surface area contributed by atoms with Gasteiger partial charge >= 0.3 is 0 Å². The second kappa shape index (κ2) is 3.49. The third-order valence-electron chi connectivity index (χ3n) is 5.27. The van der Waals surface area contributed by atoms with Crippen LogP contribution in [0.1, 0.15) is 31.4 Å². The molecule has 0 aromatic heterocycles. The molecule has 0 saturated carbocycles. The largest absolute Gasteiger partial charge is 0.508 e. The smallest absolute Gasteiger partial charge is 0.115 e. The Hall–Kier alpha value is -1.02. The lowest BCUT2D eigenvalue weighted by Gasteiger charge is -2.53. The minimum absolute atomic E-state index is 0.240. The molecular weight excluding hydrogens is 210 g/mol. The van der Waals surface area contributed by atoms with Gasteiger partial charge in [0, 0.05) is 6.04 Å². The maximum atomic E-state index is 9.73. The van der Waals surface area contributed by atoms with Crippen molar-refractivity contribution >= 4 is 0 Å². The van der Waals surface area contributed by atoms with Crippen LogP contribution in [-0.2, 0) is 11.8 Å². The molecule has 1 heterocycles. The summed E-state index contributed by atoms with van der Waals surface area (Å²) in [6, 6.07) is 6.59. The lowest BCUT2D eigenvalue weighted by atomic mass is 9.59. The topological polar surface area (TPSA) is 23.5 Å². The lowest BCUT2D eigenvalue weighted by Crippen LogP contribution is -2.56. The fourth-order valence-electron chi connectivity index (χ4n) is 3.82. The number of nitrogens with zero attached hydrogens (tertiary/aromatic N) is 1. The summed E-state index contributed by atoms with van der Waals surface area (Å²) >= 11 is 0. The molecule has 0 amide bonds. The Morgan fingerprint density at radius 1 is 1.41 bits per heavy atom. The molecule has 0 spiro atoms. The summed E-state index contributed by atoms with van der Waals surface area (Å²) in [6.45, 7) is 5.91. The van der Waals surface area contributed by atoms with Gasteiger partial charge in [0.2, 0.25) is 0 Å². The van der Waals surface area contributed by atoms with Gasteiger partial charge in [0.25, 0.3) is 0 Å². The van der Waals surface area contributed by atoms with Gasteiger partial charge in [0.1, 0.15) is 5.75 Å². The van der Waals surface area contributed by atoms with Crippen LogP contribution < -0.4 is 0 Å². The van der Waals surface area contributed by atoms with E-state index in [2.05, 4.69) is 31.9 Å². The van der Waals surface area contributed by atoms with Crippen molar-refractivity contribution < 1.29 is 5.11 Å². The van der Waals surface area contributed by atoms with Gasteiger partial charge in [-0.3, -0.25) is 0 Å². The Balaban J connectivity index is 2.16. The Morgan fingerprint density at radius 3 is 2.94 bits per heavy atom. The number of piperidine rings is 1. The summed E-state index contributed by atoms with van der Waals surface area (Å²) in [5.41, 5.74) is 3.05. The highest BCUT2D eigenvalue weighted by molar-refractivity contribution is 5.44. The van der Waals surface area contributed by atoms with Crippen molar-refractivity contribution in [2.45, 2.75) is 38.1 Å². The van der Waals surface area contributed by atoms with E-state index in [0.717, 1.165) is 6.42 Å². The number of rotatable bonds is 0. The zero-order valence-corrected chi connectivity index (χ0v) is 10.9. The average molecular weight is 231 g/mol. The van der Waals surface area contributed by atoms with Gasteiger partial charge in [-0.05, 0) is 61.0 Å². The van der Waals surface area contributed by atoms with Crippen LogP contribution in [0.3, 0.4) is 0 Å². The third-order valence-corrected chi connectivity index (χ3v) is 5.27. The monoisotopic (exact) mass is 231 g/mol. The number of hydrogen-bond acceptors (Lipinski definition) is 2. The number of phenols is 1. The molecule has 1 fully saturated rings. The van der Waals surface area contributed by atoms with Gasteiger partial charge in [0.15, 0.2) is 0 Å². The molecule has 17 heavy (non-hydrogen) atoms. The number of aromatic hydroxyl groups is 1. The van der Waals surface area contributed by atoms with Crippen LogP contribution in [0.4, 0.5) is 0 Å². The minimum atomic E-state index is 0.240. The first kappa shape index (κ1) is 11.1. The van der Waals surface area contributed by atoms with E-state index >= 15 is 0 Å². The van der Waals surface area contributed by atoms with Crippen molar-refractivity contribution in [3.8, 4) is 5.75 Å². The fourth-order valence-corrected chi connectivity index (χ4v) is 3.82. The molecular formula is C15H21NO. The maximum Gasteiger partial charge on any atom is 0.115 e. The molecule has 3 rings (SSSR count). The molecule has 1 aromatic carbocycles. The summed E-state index contributed by atoms with van der Waals surface area (Å²) in [6.07, 6.45) is 2.32. The van der Waals surface area contributed by atoms with Crippen molar-refractivity contribution in [1.82, 2.24) is 4.90 Å². The highest BCUT2D eigenvalue weighted by Gasteiger charge is 2.47. The van der Waals surface area contributed by atoms with Crippen LogP contribution in [0.15, 0.2) is 18.2 Å². The van der Waals surface area contributed by atoms with Crippen LogP contribution in [0.25, 0.3) is 0 Å². The number of likely N-dealkylation sites (N-methyl/N-ethyl adjacent to an activating group) is 1. The lowest BCUT2D eigenvalue weighted by molar-refractivity contribution is 0.0506. The standard InChI is InChI=1S/C15H21NO/c1-10-14-8-11-4-5-12(17)9-13(11)15(10,2)6-7-16(14)3/h4-5,9-10,14,17H,6-8H2,1-3H3/t10-,14?,15+/m1/s1. The molecule has 2 aliphatic rings. The Kier molecular flexibility index (Phi) is 2.27. The number of benzene rings is 1.